The first-order valence-corrected chi connectivity index (χ1v) is 11.5. The van der Waals surface area contributed by atoms with Crippen LogP contribution < -0.4 is 5.32 Å². The number of hydrogen-bond donors (Lipinski definition) is 1. The lowest BCUT2D eigenvalue weighted by Crippen LogP contribution is -2.31. The third kappa shape index (κ3) is 6.03. The summed E-state index contributed by atoms with van der Waals surface area (Å²) in [6.45, 7) is 9.57. The molecule has 1 amide bonds. The van der Waals surface area contributed by atoms with Crippen LogP contribution in [-0.4, -0.2) is 41.2 Å². The fourth-order valence-corrected chi connectivity index (χ4v) is 5.08. The van der Waals surface area contributed by atoms with E-state index in [0.717, 1.165) is 30.9 Å². The van der Waals surface area contributed by atoms with Crippen LogP contribution in [0.2, 0.25) is 0 Å². The zero-order chi connectivity index (χ0) is 19.2. The van der Waals surface area contributed by atoms with Gasteiger partial charge in [-0.2, -0.15) is 11.8 Å². The highest BCUT2D eigenvalue weighted by Crippen LogP contribution is 2.24. The van der Waals surface area contributed by atoms with E-state index in [-0.39, 0.29) is 5.91 Å². The summed E-state index contributed by atoms with van der Waals surface area (Å²) in [5, 5.41) is 3.07. The SMILES string of the molecule is Cc1ccc(C)c(SCC(=O)Nc2ccc(CN3CCSCC3)cc2C)c1. The average Bonchev–Trinajstić information content (AvgIpc) is 2.65. The molecule has 0 aromatic heterocycles. The maximum Gasteiger partial charge on any atom is 0.234 e. The van der Waals surface area contributed by atoms with E-state index in [9.17, 15) is 4.79 Å². The summed E-state index contributed by atoms with van der Waals surface area (Å²) in [4.78, 5) is 16.1. The van der Waals surface area contributed by atoms with Gasteiger partial charge in [0.25, 0.3) is 0 Å². The summed E-state index contributed by atoms with van der Waals surface area (Å²) < 4.78 is 0. The van der Waals surface area contributed by atoms with Crippen LogP contribution >= 0.6 is 23.5 Å². The van der Waals surface area contributed by atoms with Crippen LogP contribution in [-0.2, 0) is 11.3 Å². The zero-order valence-electron chi connectivity index (χ0n) is 16.4. The van der Waals surface area contributed by atoms with E-state index in [1.54, 1.807) is 11.8 Å². The number of rotatable bonds is 6. The highest BCUT2D eigenvalue weighted by Gasteiger charge is 2.12. The molecule has 2 aromatic carbocycles. The number of hydrogen-bond acceptors (Lipinski definition) is 4. The van der Waals surface area contributed by atoms with Gasteiger partial charge in [-0.3, -0.25) is 9.69 Å². The minimum Gasteiger partial charge on any atom is -0.325 e. The second-order valence-electron chi connectivity index (χ2n) is 7.14. The van der Waals surface area contributed by atoms with Gasteiger partial charge in [-0.15, -0.1) is 11.8 Å². The summed E-state index contributed by atoms with van der Waals surface area (Å²) in [7, 11) is 0. The Bertz CT molecular complexity index is 801. The van der Waals surface area contributed by atoms with Crippen molar-refractivity contribution < 1.29 is 4.79 Å². The molecule has 0 saturated carbocycles. The van der Waals surface area contributed by atoms with E-state index in [2.05, 4.69) is 61.3 Å². The van der Waals surface area contributed by atoms with Gasteiger partial charge in [-0.1, -0.05) is 29.8 Å². The van der Waals surface area contributed by atoms with Crippen molar-refractivity contribution in [1.82, 2.24) is 4.90 Å². The highest BCUT2D eigenvalue weighted by atomic mass is 32.2. The quantitative estimate of drug-likeness (QED) is 0.700. The molecule has 0 aliphatic carbocycles. The second-order valence-corrected chi connectivity index (χ2v) is 9.39. The summed E-state index contributed by atoms with van der Waals surface area (Å²) >= 11 is 3.64. The Morgan fingerprint density at radius 1 is 1.07 bits per heavy atom. The smallest absolute Gasteiger partial charge is 0.234 e. The fourth-order valence-electron chi connectivity index (χ4n) is 3.17. The Morgan fingerprint density at radius 2 is 1.85 bits per heavy atom. The van der Waals surface area contributed by atoms with Gasteiger partial charge in [-0.25, -0.2) is 0 Å². The highest BCUT2D eigenvalue weighted by molar-refractivity contribution is 8.00. The average molecular weight is 401 g/mol. The maximum atomic E-state index is 12.4. The van der Waals surface area contributed by atoms with Crippen molar-refractivity contribution in [2.24, 2.45) is 0 Å². The van der Waals surface area contributed by atoms with E-state index in [4.69, 9.17) is 0 Å². The molecular formula is C22H28N2OS2. The molecule has 1 heterocycles. The topological polar surface area (TPSA) is 32.3 Å². The Morgan fingerprint density at radius 3 is 2.59 bits per heavy atom. The summed E-state index contributed by atoms with van der Waals surface area (Å²) in [5.74, 6) is 2.93. The lowest BCUT2D eigenvalue weighted by molar-refractivity contribution is -0.113. The molecule has 144 valence electrons. The van der Waals surface area contributed by atoms with Gasteiger partial charge in [0.05, 0.1) is 5.75 Å². The van der Waals surface area contributed by atoms with Gasteiger partial charge >= 0.3 is 0 Å². The number of benzene rings is 2. The van der Waals surface area contributed by atoms with Crippen molar-refractivity contribution in [2.75, 3.05) is 35.7 Å². The van der Waals surface area contributed by atoms with Crippen LogP contribution in [0.4, 0.5) is 5.69 Å². The predicted molar refractivity (Wildman–Crippen MR) is 119 cm³/mol. The van der Waals surface area contributed by atoms with Crippen molar-refractivity contribution in [3.8, 4) is 0 Å². The number of nitrogens with one attached hydrogen (secondary N) is 1. The molecule has 0 unspecified atom stereocenters. The van der Waals surface area contributed by atoms with E-state index in [1.807, 2.05) is 17.8 Å². The monoisotopic (exact) mass is 400 g/mol. The van der Waals surface area contributed by atoms with E-state index >= 15 is 0 Å². The van der Waals surface area contributed by atoms with Crippen LogP contribution in [0, 0.1) is 20.8 Å². The van der Waals surface area contributed by atoms with Crippen molar-refractivity contribution in [3.05, 3.63) is 58.7 Å². The predicted octanol–water partition coefficient (Wildman–Crippen LogP) is 4.89. The van der Waals surface area contributed by atoms with Gasteiger partial charge in [0.2, 0.25) is 5.91 Å². The molecule has 0 bridgehead atoms. The molecule has 27 heavy (non-hydrogen) atoms. The van der Waals surface area contributed by atoms with Crippen LogP contribution in [0.3, 0.4) is 0 Å². The molecule has 0 spiro atoms. The summed E-state index contributed by atoms with van der Waals surface area (Å²) in [6, 6.07) is 12.8. The number of carbonyl (C=O) groups is 1. The Balaban J connectivity index is 1.55. The number of nitrogens with zero attached hydrogens (tertiary/aromatic N) is 1. The molecule has 0 radical (unpaired) electrons. The van der Waals surface area contributed by atoms with E-state index < -0.39 is 0 Å². The normalized spacial score (nSPS) is 14.9. The molecule has 3 nitrogen and oxygen atoms in total. The van der Waals surface area contributed by atoms with Crippen LogP contribution in [0.5, 0.6) is 0 Å². The van der Waals surface area contributed by atoms with Gasteiger partial charge in [-0.05, 0) is 49.6 Å². The minimum absolute atomic E-state index is 0.0461. The maximum absolute atomic E-state index is 12.4. The van der Waals surface area contributed by atoms with E-state index in [1.165, 1.54) is 33.1 Å². The van der Waals surface area contributed by atoms with Crippen LogP contribution in [0.15, 0.2) is 41.3 Å². The fraction of sp³-hybridized carbons (Fsp3) is 0.409. The van der Waals surface area contributed by atoms with Crippen molar-refractivity contribution in [3.63, 3.8) is 0 Å². The molecule has 1 aliphatic rings. The molecule has 1 fully saturated rings. The Hall–Kier alpha value is -1.43. The van der Waals surface area contributed by atoms with Crippen LogP contribution in [0.1, 0.15) is 22.3 Å². The first-order valence-electron chi connectivity index (χ1n) is 9.41. The molecule has 2 aromatic rings. The number of carbonyl (C=O) groups excluding carboxylic acids is 1. The molecule has 1 N–H and O–H groups in total. The third-order valence-corrected chi connectivity index (χ3v) is 6.88. The standard InChI is InChI=1S/C22H28N2OS2/c1-16-4-5-17(2)21(12-16)27-15-22(25)23-20-7-6-19(13-18(20)3)14-24-8-10-26-11-9-24/h4-7,12-13H,8-11,14-15H2,1-3H3,(H,23,25). The number of aryl methyl sites for hydroxylation is 3. The van der Waals surface area contributed by atoms with Crippen molar-refractivity contribution >= 4 is 35.1 Å². The molecule has 1 saturated heterocycles. The molecule has 0 atom stereocenters. The number of amides is 1. The zero-order valence-corrected chi connectivity index (χ0v) is 18.0. The third-order valence-electron chi connectivity index (χ3n) is 4.78. The van der Waals surface area contributed by atoms with E-state index in [0.29, 0.717) is 5.75 Å². The molecule has 5 heteroatoms. The first kappa shape index (κ1) is 20.3. The molecule has 1 aliphatic heterocycles. The van der Waals surface area contributed by atoms with Gasteiger partial charge < -0.3 is 5.32 Å². The number of anilines is 1. The van der Waals surface area contributed by atoms with Gasteiger partial charge in [0.15, 0.2) is 0 Å². The van der Waals surface area contributed by atoms with Crippen molar-refractivity contribution in [2.45, 2.75) is 32.2 Å². The second kappa shape index (κ2) is 9.67. The van der Waals surface area contributed by atoms with Crippen LogP contribution in [0.25, 0.3) is 0 Å². The van der Waals surface area contributed by atoms with Gasteiger partial charge in [0, 0.05) is 41.7 Å². The molecular weight excluding hydrogens is 372 g/mol. The summed E-state index contributed by atoms with van der Waals surface area (Å²) in [5.41, 5.74) is 5.81. The Kier molecular flexibility index (Phi) is 7.27. The van der Waals surface area contributed by atoms with Gasteiger partial charge in [0.1, 0.15) is 0 Å². The lowest BCUT2D eigenvalue weighted by Gasteiger charge is -2.26. The lowest BCUT2D eigenvalue weighted by atomic mass is 10.1. The minimum atomic E-state index is 0.0461. The number of thioether (sulfide) groups is 2. The first-order chi connectivity index (χ1) is 13.0. The largest absolute Gasteiger partial charge is 0.325 e. The summed E-state index contributed by atoms with van der Waals surface area (Å²) in [6.07, 6.45) is 0. The Labute approximate surface area is 171 Å². The van der Waals surface area contributed by atoms with Crippen molar-refractivity contribution in [1.29, 1.82) is 0 Å². The molecule has 3 rings (SSSR count).